The number of alkyl carbamates (subject to hydrolysis) is 1. The van der Waals surface area contributed by atoms with Crippen LogP contribution in [0.2, 0.25) is 0 Å². The van der Waals surface area contributed by atoms with Gasteiger partial charge in [0.15, 0.2) is 0 Å². The molecule has 0 spiro atoms. The van der Waals surface area contributed by atoms with Crippen LogP contribution in [0, 0.1) is 0 Å². The summed E-state index contributed by atoms with van der Waals surface area (Å²) in [5, 5.41) is 5.40. The molecule has 4 aromatic rings. The Labute approximate surface area is 262 Å². The van der Waals surface area contributed by atoms with E-state index in [1.807, 2.05) is 91.0 Å². The number of carbonyl (C=O) groups excluding carboxylic acids is 4. The van der Waals surface area contributed by atoms with Crippen LogP contribution < -0.4 is 10.6 Å². The number of benzene rings is 4. The van der Waals surface area contributed by atoms with Gasteiger partial charge in [0.25, 0.3) is 0 Å². The Morgan fingerprint density at radius 1 is 0.644 bits per heavy atom. The van der Waals surface area contributed by atoms with Gasteiger partial charge < -0.3 is 24.8 Å². The molecule has 0 saturated carbocycles. The topological polar surface area (TPSA) is 120 Å². The molecule has 0 unspecified atom stereocenters. The molecule has 0 aliphatic carbocycles. The highest BCUT2D eigenvalue weighted by Crippen LogP contribution is 2.21. The van der Waals surface area contributed by atoms with Gasteiger partial charge >= 0.3 is 18.0 Å². The minimum atomic E-state index is -1.01. The van der Waals surface area contributed by atoms with Gasteiger partial charge in [-0.3, -0.25) is 4.79 Å². The van der Waals surface area contributed by atoms with Crippen LogP contribution in [-0.4, -0.2) is 35.6 Å². The molecule has 0 radical (unpaired) electrons. The number of carbonyl (C=O) groups is 4. The van der Waals surface area contributed by atoms with Crippen LogP contribution in [0.5, 0.6) is 0 Å². The summed E-state index contributed by atoms with van der Waals surface area (Å²) in [5.41, 5.74) is 1.71. The summed E-state index contributed by atoms with van der Waals surface area (Å²) in [7, 11) is 0. The van der Waals surface area contributed by atoms with E-state index >= 15 is 0 Å². The van der Waals surface area contributed by atoms with Crippen molar-refractivity contribution in [2.45, 2.75) is 52.0 Å². The van der Waals surface area contributed by atoms with E-state index in [0.29, 0.717) is 0 Å². The van der Waals surface area contributed by atoms with Crippen molar-refractivity contribution in [3.63, 3.8) is 0 Å². The molecule has 1 atom stereocenters. The summed E-state index contributed by atoms with van der Waals surface area (Å²) in [6, 6.07) is 30.7. The standard InChI is InChI=1S/C36H36N2O7/c1-36(2,3)45-35(42)38-31(21-25-13-7-4-8-14-25)32(39)37-28-19-20-29(33(40)43-23-26-15-9-5-10-16-26)30(22-28)34(41)44-24-27-17-11-6-12-18-27/h4-20,22,31H,21,23-24H2,1-3H3,(H,37,39)(H,38,42)/t31-/m0/s1. The zero-order chi connectivity index (χ0) is 32.2. The zero-order valence-electron chi connectivity index (χ0n) is 25.4. The van der Waals surface area contributed by atoms with Crippen LogP contribution >= 0.6 is 0 Å². The van der Waals surface area contributed by atoms with Crippen molar-refractivity contribution in [1.82, 2.24) is 5.32 Å². The predicted octanol–water partition coefficient (Wildman–Crippen LogP) is 6.48. The third-order valence-corrected chi connectivity index (χ3v) is 6.44. The number of amides is 2. The monoisotopic (exact) mass is 608 g/mol. The molecule has 9 heteroatoms. The molecule has 0 fully saturated rings. The SMILES string of the molecule is CC(C)(C)OC(=O)N[C@@H](Cc1ccccc1)C(=O)Nc1ccc(C(=O)OCc2ccccc2)c(C(=O)OCc2ccccc2)c1. The quantitative estimate of drug-likeness (QED) is 0.148. The highest BCUT2D eigenvalue weighted by Gasteiger charge is 2.26. The fourth-order valence-electron chi connectivity index (χ4n) is 4.31. The summed E-state index contributed by atoms with van der Waals surface area (Å²) < 4.78 is 16.4. The lowest BCUT2D eigenvalue weighted by Gasteiger charge is -2.23. The molecule has 232 valence electrons. The van der Waals surface area contributed by atoms with E-state index in [1.54, 1.807) is 20.8 Å². The number of ether oxygens (including phenoxy) is 3. The molecule has 2 amide bonds. The van der Waals surface area contributed by atoms with E-state index in [9.17, 15) is 19.2 Å². The summed E-state index contributed by atoms with van der Waals surface area (Å²) in [4.78, 5) is 52.5. The Hall–Kier alpha value is -5.44. The second-order valence-electron chi connectivity index (χ2n) is 11.3. The first kappa shape index (κ1) is 32.5. The average molecular weight is 609 g/mol. The summed E-state index contributed by atoms with van der Waals surface area (Å²) in [6.07, 6.45) is -0.567. The number of nitrogens with one attached hydrogen (secondary N) is 2. The average Bonchev–Trinajstić information content (AvgIpc) is 3.02. The maximum absolute atomic E-state index is 13.5. The van der Waals surface area contributed by atoms with Crippen molar-refractivity contribution in [1.29, 1.82) is 0 Å². The van der Waals surface area contributed by atoms with Gasteiger partial charge in [-0.05, 0) is 55.7 Å². The first-order valence-corrected chi connectivity index (χ1v) is 14.5. The second kappa shape index (κ2) is 15.3. The minimum Gasteiger partial charge on any atom is -0.457 e. The summed E-state index contributed by atoms with van der Waals surface area (Å²) in [5.74, 6) is -2.04. The van der Waals surface area contributed by atoms with Gasteiger partial charge in [0.2, 0.25) is 5.91 Å². The molecule has 4 aromatic carbocycles. The predicted molar refractivity (Wildman–Crippen MR) is 169 cm³/mol. The fourth-order valence-corrected chi connectivity index (χ4v) is 4.31. The molecule has 0 saturated heterocycles. The van der Waals surface area contributed by atoms with Crippen LogP contribution in [0.3, 0.4) is 0 Å². The van der Waals surface area contributed by atoms with Gasteiger partial charge in [-0.15, -0.1) is 0 Å². The highest BCUT2D eigenvalue weighted by atomic mass is 16.6. The lowest BCUT2D eigenvalue weighted by atomic mass is 10.0. The van der Waals surface area contributed by atoms with Crippen molar-refractivity contribution in [3.05, 3.63) is 137 Å². The van der Waals surface area contributed by atoms with E-state index < -0.39 is 35.6 Å². The maximum Gasteiger partial charge on any atom is 0.408 e. The molecule has 9 nitrogen and oxygen atoms in total. The lowest BCUT2D eigenvalue weighted by molar-refractivity contribution is -0.118. The largest absolute Gasteiger partial charge is 0.457 e. The molecule has 2 N–H and O–H groups in total. The van der Waals surface area contributed by atoms with Gasteiger partial charge in [0.05, 0.1) is 11.1 Å². The lowest BCUT2D eigenvalue weighted by Crippen LogP contribution is -2.47. The van der Waals surface area contributed by atoms with E-state index in [4.69, 9.17) is 14.2 Å². The maximum atomic E-state index is 13.5. The second-order valence-corrected chi connectivity index (χ2v) is 11.3. The van der Waals surface area contributed by atoms with Crippen molar-refractivity contribution in [3.8, 4) is 0 Å². The number of esters is 2. The Balaban J connectivity index is 1.56. The van der Waals surface area contributed by atoms with E-state index in [-0.39, 0.29) is 36.4 Å². The summed E-state index contributed by atoms with van der Waals surface area (Å²) in [6.45, 7) is 5.17. The molecule has 0 aliphatic heterocycles. The molecular weight excluding hydrogens is 572 g/mol. The van der Waals surface area contributed by atoms with Crippen LogP contribution in [0.4, 0.5) is 10.5 Å². The number of anilines is 1. The first-order chi connectivity index (χ1) is 21.6. The third-order valence-electron chi connectivity index (χ3n) is 6.44. The van der Waals surface area contributed by atoms with Crippen molar-refractivity contribution < 1.29 is 33.4 Å². The molecule has 0 heterocycles. The van der Waals surface area contributed by atoms with Gasteiger partial charge in [-0.1, -0.05) is 91.0 Å². The third kappa shape index (κ3) is 10.4. The zero-order valence-corrected chi connectivity index (χ0v) is 25.4. The molecule has 0 bridgehead atoms. The molecule has 4 rings (SSSR count). The highest BCUT2D eigenvalue weighted by molar-refractivity contribution is 6.05. The van der Waals surface area contributed by atoms with Crippen LogP contribution in [0.15, 0.2) is 109 Å². The Kier molecular flexibility index (Phi) is 11.1. The van der Waals surface area contributed by atoms with Crippen molar-refractivity contribution in [2.24, 2.45) is 0 Å². The van der Waals surface area contributed by atoms with Gasteiger partial charge in [0, 0.05) is 12.1 Å². The fraction of sp³-hybridized carbons (Fsp3) is 0.222. The Morgan fingerprint density at radius 2 is 1.13 bits per heavy atom. The van der Waals surface area contributed by atoms with Gasteiger partial charge in [-0.2, -0.15) is 0 Å². The molecule has 45 heavy (non-hydrogen) atoms. The van der Waals surface area contributed by atoms with Gasteiger partial charge in [0.1, 0.15) is 24.9 Å². The number of hydrogen-bond donors (Lipinski definition) is 2. The molecular formula is C36H36N2O7. The van der Waals surface area contributed by atoms with Crippen molar-refractivity contribution >= 4 is 29.6 Å². The van der Waals surface area contributed by atoms with E-state index in [1.165, 1.54) is 18.2 Å². The van der Waals surface area contributed by atoms with Crippen LogP contribution in [-0.2, 0) is 38.6 Å². The molecule has 0 aliphatic rings. The van der Waals surface area contributed by atoms with Crippen LogP contribution in [0.25, 0.3) is 0 Å². The van der Waals surface area contributed by atoms with Gasteiger partial charge in [-0.25, -0.2) is 14.4 Å². The summed E-state index contributed by atoms with van der Waals surface area (Å²) >= 11 is 0. The Bertz CT molecular complexity index is 1600. The first-order valence-electron chi connectivity index (χ1n) is 14.5. The number of rotatable bonds is 11. The number of hydrogen-bond acceptors (Lipinski definition) is 7. The van der Waals surface area contributed by atoms with E-state index in [0.717, 1.165) is 16.7 Å². The normalized spacial score (nSPS) is 11.5. The molecule has 0 aromatic heterocycles. The van der Waals surface area contributed by atoms with Crippen molar-refractivity contribution in [2.75, 3.05) is 5.32 Å². The van der Waals surface area contributed by atoms with Crippen LogP contribution in [0.1, 0.15) is 58.2 Å². The smallest absolute Gasteiger partial charge is 0.408 e. The minimum absolute atomic E-state index is 0.00810. The Morgan fingerprint density at radius 3 is 1.64 bits per heavy atom. The van der Waals surface area contributed by atoms with E-state index in [2.05, 4.69) is 10.6 Å².